The molecule has 4 rings (SSSR count). The summed E-state index contributed by atoms with van der Waals surface area (Å²) in [6.07, 6.45) is 0.769. The summed E-state index contributed by atoms with van der Waals surface area (Å²) in [5.74, 6) is 0.667. The maximum atomic E-state index is 8.54. The molecule has 25 heavy (non-hydrogen) atoms. The van der Waals surface area contributed by atoms with Crippen LogP contribution in [-0.4, -0.2) is 43.0 Å². The van der Waals surface area contributed by atoms with Gasteiger partial charge < -0.3 is 19.3 Å². The Morgan fingerprint density at radius 2 is 1.40 bits per heavy atom. The largest absolute Gasteiger partial charge is 0.392 e. The second-order valence-electron chi connectivity index (χ2n) is 5.71. The Morgan fingerprint density at radius 3 is 1.76 bits per heavy atom. The minimum Gasteiger partial charge on any atom is -0.392 e. The summed E-state index contributed by atoms with van der Waals surface area (Å²) in [6, 6.07) is 19.7. The standard InChI is InChI=1S/C10H12O2.C7H8O.C3H5ClO/c1-2-4-9(5-3-1)6-11-7-10-8-12-10;8-6-7-4-2-1-3-5-7;4-1-3-2-5-3/h1-5,10H,6-8H2;1-5,8H,6H2;3H,1-2H2. The second kappa shape index (κ2) is 12.0. The molecule has 2 aliphatic heterocycles. The van der Waals surface area contributed by atoms with Crippen LogP contribution in [0, 0.1) is 0 Å². The van der Waals surface area contributed by atoms with Gasteiger partial charge in [0, 0.05) is 0 Å². The highest BCUT2D eigenvalue weighted by Crippen LogP contribution is 2.10. The molecule has 0 spiro atoms. The number of hydrogen-bond acceptors (Lipinski definition) is 4. The minimum absolute atomic E-state index is 0.140. The Labute approximate surface area is 154 Å². The van der Waals surface area contributed by atoms with E-state index in [1.807, 2.05) is 48.5 Å². The molecule has 1 N–H and O–H groups in total. The van der Waals surface area contributed by atoms with Gasteiger partial charge in [-0.2, -0.15) is 0 Å². The van der Waals surface area contributed by atoms with Crippen molar-refractivity contribution in [3.8, 4) is 0 Å². The van der Waals surface area contributed by atoms with Crippen molar-refractivity contribution in [3.05, 3.63) is 71.8 Å². The molecule has 0 aromatic heterocycles. The monoisotopic (exact) mass is 364 g/mol. The Bertz CT molecular complexity index is 556. The number of aliphatic hydroxyl groups is 1. The van der Waals surface area contributed by atoms with Crippen LogP contribution in [0.5, 0.6) is 0 Å². The fraction of sp³-hybridized carbons (Fsp3) is 0.400. The number of aliphatic hydroxyl groups excluding tert-OH is 1. The third kappa shape index (κ3) is 10.2. The number of alkyl halides is 1. The first-order chi connectivity index (χ1) is 12.3. The number of epoxide rings is 2. The van der Waals surface area contributed by atoms with Crippen LogP contribution in [0.3, 0.4) is 0 Å². The Morgan fingerprint density at radius 1 is 0.880 bits per heavy atom. The predicted molar refractivity (Wildman–Crippen MR) is 98.7 cm³/mol. The molecule has 0 aliphatic carbocycles. The SMILES string of the molecule is ClCC1CO1.OCc1ccccc1.c1ccc(COCC2CO2)cc1. The van der Waals surface area contributed by atoms with Crippen LogP contribution < -0.4 is 0 Å². The van der Waals surface area contributed by atoms with Gasteiger partial charge >= 0.3 is 0 Å². The summed E-state index contributed by atoms with van der Waals surface area (Å²) in [4.78, 5) is 0. The average molecular weight is 365 g/mol. The summed E-state index contributed by atoms with van der Waals surface area (Å²) in [5, 5.41) is 8.54. The van der Waals surface area contributed by atoms with Gasteiger partial charge in [0.05, 0.1) is 45.0 Å². The van der Waals surface area contributed by atoms with E-state index >= 15 is 0 Å². The van der Waals surface area contributed by atoms with E-state index in [-0.39, 0.29) is 6.61 Å². The normalized spacial score (nSPS) is 19.8. The maximum absolute atomic E-state index is 8.54. The third-order valence-corrected chi connectivity index (χ3v) is 3.76. The first kappa shape index (κ1) is 19.9. The van der Waals surface area contributed by atoms with Crippen LogP contribution in [0.4, 0.5) is 0 Å². The molecule has 5 heteroatoms. The molecule has 2 atom stereocenters. The van der Waals surface area contributed by atoms with Gasteiger partial charge in [0.15, 0.2) is 0 Å². The van der Waals surface area contributed by atoms with Crippen molar-refractivity contribution in [2.75, 3.05) is 25.7 Å². The van der Waals surface area contributed by atoms with Crippen molar-refractivity contribution in [1.29, 1.82) is 0 Å². The lowest BCUT2D eigenvalue weighted by molar-refractivity contribution is 0.104. The van der Waals surface area contributed by atoms with E-state index in [4.69, 9.17) is 30.9 Å². The van der Waals surface area contributed by atoms with Gasteiger partial charge in [-0.3, -0.25) is 0 Å². The lowest BCUT2D eigenvalue weighted by Gasteiger charge is -2.00. The lowest BCUT2D eigenvalue weighted by Crippen LogP contribution is -2.00. The number of rotatable bonds is 6. The third-order valence-electron chi connectivity index (χ3n) is 3.42. The summed E-state index contributed by atoms with van der Waals surface area (Å²) >= 11 is 5.27. The minimum atomic E-state index is 0.140. The zero-order chi connectivity index (χ0) is 17.7. The number of ether oxygens (including phenoxy) is 3. The lowest BCUT2D eigenvalue weighted by atomic mass is 10.2. The van der Waals surface area contributed by atoms with Crippen LogP contribution >= 0.6 is 11.6 Å². The number of halogens is 1. The second-order valence-corrected chi connectivity index (χ2v) is 6.02. The first-order valence-electron chi connectivity index (χ1n) is 8.37. The molecule has 2 unspecified atom stereocenters. The summed E-state index contributed by atoms with van der Waals surface area (Å²) in [5.41, 5.74) is 2.19. The molecule has 0 bridgehead atoms. The summed E-state index contributed by atoms with van der Waals surface area (Å²) < 4.78 is 15.2. The zero-order valence-electron chi connectivity index (χ0n) is 14.2. The van der Waals surface area contributed by atoms with E-state index in [0.717, 1.165) is 25.4 Å². The molecule has 2 saturated heterocycles. The van der Waals surface area contributed by atoms with Gasteiger partial charge in [0.25, 0.3) is 0 Å². The van der Waals surface area contributed by atoms with Gasteiger partial charge in [0.2, 0.25) is 0 Å². The quantitative estimate of drug-likeness (QED) is 0.630. The highest BCUT2D eigenvalue weighted by molar-refractivity contribution is 6.18. The molecular formula is C20H25ClO4. The molecule has 2 aromatic carbocycles. The predicted octanol–water partition coefficient (Wildman–Crippen LogP) is 3.40. The average Bonchev–Trinajstić information content (AvgIpc) is 3.59. The molecule has 2 aliphatic rings. The molecule has 2 fully saturated rings. The van der Waals surface area contributed by atoms with Crippen LogP contribution in [0.1, 0.15) is 11.1 Å². The van der Waals surface area contributed by atoms with Crippen LogP contribution in [0.15, 0.2) is 60.7 Å². The van der Waals surface area contributed by atoms with Crippen molar-refractivity contribution >= 4 is 11.6 Å². The van der Waals surface area contributed by atoms with Gasteiger partial charge in [0.1, 0.15) is 6.10 Å². The number of hydrogen-bond donors (Lipinski definition) is 1. The van der Waals surface area contributed by atoms with Crippen molar-refractivity contribution in [1.82, 2.24) is 0 Å². The fourth-order valence-corrected chi connectivity index (χ4v) is 1.97. The van der Waals surface area contributed by atoms with Crippen LogP contribution in [0.25, 0.3) is 0 Å². The van der Waals surface area contributed by atoms with E-state index in [9.17, 15) is 0 Å². The van der Waals surface area contributed by atoms with Crippen molar-refractivity contribution in [2.45, 2.75) is 25.4 Å². The molecule has 2 heterocycles. The smallest absolute Gasteiger partial charge is 0.104 e. The number of benzene rings is 2. The Hall–Kier alpha value is -1.43. The maximum Gasteiger partial charge on any atom is 0.104 e. The van der Waals surface area contributed by atoms with E-state index in [1.54, 1.807) is 0 Å². The summed E-state index contributed by atoms with van der Waals surface area (Å²) in [6.45, 7) is 3.31. The molecule has 0 saturated carbocycles. The van der Waals surface area contributed by atoms with Gasteiger partial charge in [-0.1, -0.05) is 60.7 Å². The molecule has 4 nitrogen and oxygen atoms in total. The Balaban J connectivity index is 0.000000149. The first-order valence-corrected chi connectivity index (χ1v) is 8.91. The fourth-order valence-electron chi connectivity index (χ4n) is 1.79. The summed E-state index contributed by atoms with van der Waals surface area (Å²) in [7, 11) is 0. The zero-order valence-corrected chi connectivity index (χ0v) is 15.0. The molecule has 0 radical (unpaired) electrons. The Kier molecular flexibility index (Phi) is 9.55. The van der Waals surface area contributed by atoms with Gasteiger partial charge in [-0.15, -0.1) is 11.6 Å². The van der Waals surface area contributed by atoms with E-state index in [2.05, 4.69) is 12.1 Å². The molecule has 136 valence electrons. The molecule has 2 aromatic rings. The highest BCUT2D eigenvalue weighted by atomic mass is 35.5. The molecular weight excluding hydrogens is 340 g/mol. The van der Waals surface area contributed by atoms with Crippen molar-refractivity contribution in [3.63, 3.8) is 0 Å². The van der Waals surface area contributed by atoms with E-state index < -0.39 is 0 Å². The van der Waals surface area contributed by atoms with Crippen LogP contribution in [-0.2, 0) is 27.4 Å². The van der Waals surface area contributed by atoms with Gasteiger partial charge in [-0.25, -0.2) is 0 Å². The topological polar surface area (TPSA) is 54.5 Å². The highest BCUT2D eigenvalue weighted by Gasteiger charge is 2.22. The van der Waals surface area contributed by atoms with Crippen molar-refractivity contribution in [2.24, 2.45) is 0 Å². The van der Waals surface area contributed by atoms with Crippen LogP contribution in [0.2, 0.25) is 0 Å². The van der Waals surface area contributed by atoms with E-state index in [0.29, 0.717) is 24.7 Å². The van der Waals surface area contributed by atoms with Gasteiger partial charge in [-0.05, 0) is 11.1 Å². The molecule has 0 amide bonds. The van der Waals surface area contributed by atoms with E-state index in [1.165, 1.54) is 5.56 Å². The van der Waals surface area contributed by atoms with Crippen molar-refractivity contribution < 1.29 is 19.3 Å².